The van der Waals surface area contributed by atoms with E-state index in [1.54, 1.807) is 0 Å². The molecule has 5 heterocycles. The topological polar surface area (TPSA) is 55.6 Å². The van der Waals surface area contributed by atoms with Gasteiger partial charge in [0.25, 0.3) is 0 Å². The molecule has 2 unspecified atom stereocenters. The molecule has 0 amide bonds. The molecule has 0 fully saturated rings. The number of aryl methyl sites for hydroxylation is 4. The van der Waals surface area contributed by atoms with Crippen molar-refractivity contribution >= 4 is 22.3 Å². The quantitative estimate of drug-likeness (QED) is 0.0288. The Morgan fingerprint density at radius 2 is 0.479 bits per heavy atom. The lowest BCUT2D eigenvalue weighted by Gasteiger charge is -2.20. The number of aromatic nitrogens is 2. The lowest BCUT2D eigenvalue weighted by Crippen LogP contribution is -2.31. The summed E-state index contributed by atoms with van der Waals surface area (Å²) in [7, 11) is 0. The van der Waals surface area contributed by atoms with Gasteiger partial charge in [-0.2, -0.15) is 0 Å². The third-order valence-corrected chi connectivity index (χ3v) is 21.5. The molecule has 518 valence electrons. The summed E-state index contributed by atoms with van der Waals surface area (Å²) in [5.41, 5.74) is 20.1. The number of benzene rings is 4. The first-order chi connectivity index (χ1) is 47.5. The zero-order valence-corrected chi connectivity index (χ0v) is 61.1. The Bertz CT molecular complexity index is 3150. The van der Waals surface area contributed by atoms with Crippen LogP contribution in [0.5, 0.6) is 0 Å². The van der Waals surface area contributed by atoms with E-state index in [1.165, 1.54) is 324 Å². The Morgan fingerprint density at radius 3 is 0.740 bits per heavy atom. The molecule has 9 rings (SSSR count). The van der Waals surface area contributed by atoms with Crippen molar-refractivity contribution in [3.63, 3.8) is 0 Å². The first-order valence-corrected chi connectivity index (χ1v) is 40.4. The minimum Gasteiger partial charge on any atom is -0.374 e. The van der Waals surface area contributed by atoms with Crippen LogP contribution in [0.4, 0.5) is 0 Å². The van der Waals surface area contributed by atoms with Gasteiger partial charge in [0.1, 0.15) is 0 Å². The number of aromatic amines is 2. The fourth-order valence-electron chi connectivity index (χ4n) is 15.5. The van der Waals surface area contributed by atoms with E-state index in [1.807, 2.05) is 0 Å². The number of nitrogens with one attached hydrogen (secondary N) is 4. The van der Waals surface area contributed by atoms with Crippen LogP contribution in [0.2, 0.25) is 0 Å². The van der Waals surface area contributed by atoms with Crippen LogP contribution in [0.15, 0.2) is 157 Å². The lowest BCUT2D eigenvalue weighted by atomic mass is 9.96. The summed E-state index contributed by atoms with van der Waals surface area (Å²) in [5.74, 6) is 0. The largest absolute Gasteiger partial charge is 0.374 e. The monoisotopic (exact) mass is 1290 g/mol. The normalized spacial score (nSPS) is 17.8. The van der Waals surface area contributed by atoms with E-state index in [-0.39, 0.29) is 12.1 Å². The third-order valence-electron chi connectivity index (χ3n) is 21.5. The van der Waals surface area contributed by atoms with Crippen LogP contribution >= 0.6 is 0 Å². The Kier molecular flexibility index (Phi) is 33.3. The first kappa shape index (κ1) is 74.0. The zero-order chi connectivity index (χ0) is 66.5. The van der Waals surface area contributed by atoms with Crippen molar-refractivity contribution in [1.82, 2.24) is 20.6 Å². The molecule has 0 saturated carbocycles. The highest BCUT2D eigenvalue weighted by Gasteiger charge is 2.28. The number of unbranched alkanes of at least 4 members (excludes halogenated alkanes) is 36. The van der Waals surface area contributed by atoms with Gasteiger partial charge < -0.3 is 20.6 Å². The maximum Gasteiger partial charge on any atom is 0.0728 e. The second-order valence-corrected chi connectivity index (χ2v) is 29.5. The highest BCUT2D eigenvalue weighted by atomic mass is 15.0. The lowest BCUT2D eigenvalue weighted by molar-refractivity contribution is 0.556. The molecule has 6 aromatic rings. The summed E-state index contributed by atoms with van der Waals surface area (Å²) in [5, 5.41) is 10.7. The molecule has 0 spiro atoms. The van der Waals surface area contributed by atoms with E-state index in [0.29, 0.717) is 0 Å². The number of hydrogen-bond donors (Lipinski definition) is 4. The minimum atomic E-state index is -0.0637. The summed E-state index contributed by atoms with van der Waals surface area (Å²) in [6, 6.07) is 47.8. The molecular weight excluding hydrogens is 1160 g/mol. The predicted octanol–water partition coefficient (Wildman–Crippen LogP) is 24.9. The standard InChI is InChI=1S/C92H130N4/c1-5-9-13-17-21-25-29-33-37-41-45-73-49-57-77(58-50-73)89-81-65-67-83(93-81)90(78-59-51-74(52-60-78)46-42-38-34-30-26-22-18-14-10-6-2)85-69-71-87(95-85)92(80-63-55-76(56-64-80)48-44-40-36-32-28-24-20-16-12-8-4)88-72-70-86(96-88)91(84-68-66-82(89)94-84)79-61-53-75(54-62-79)47-43-39-35-31-27-23-19-15-11-7-3/h49-72,81,86,93-96H,5-48H2,1-4H3/b89-82-,90-83-,91-84-,92-88-. The zero-order valence-electron chi connectivity index (χ0n) is 61.1. The maximum atomic E-state index is 4.20. The van der Waals surface area contributed by atoms with Crippen LogP contribution in [-0.4, -0.2) is 22.1 Å². The van der Waals surface area contributed by atoms with Crippen molar-refractivity contribution in [3.8, 4) is 0 Å². The average Bonchev–Trinajstić information content (AvgIpc) is 1.61. The van der Waals surface area contributed by atoms with E-state index in [2.05, 4.69) is 194 Å². The van der Waals surface area contributed by atoms with Crippen LogP contribution in [-0.2, 0) is 25.7 Å². The van der Waals surface area contributed by atoms with Gasteiger partial charge in [-0.15, -0.1) is 0 Å². The SMILES string of the molecule is CCCCCCCCCCCCc1ccc(/C2=C3\C=CC(N3)/C(c3ccc(CCCCCCCCCCCC)cc3)=c3/cc/c([nH]3)=C(\c3ccc(CCCCCCCCCCCC)cc3)C3C=C/C(=C(\c4ccc(CCCCCCCCCCCC)cc4)c4ccc2[nH]4)N3)cc1. The second kappa shape index (κ2) is 43.2. The average molecular weight is 1290 g/mol. The van der Waals surface area contributed by atoms with E-state index in [0.717, 1.165) is 59.2 Å². The molecule has 4 heteroatoms. The van der Waals surface area contributed by atoms with Crippen LogP contribution < -0.4 is 21.3 Å². The third kappa shape index (κ3) is 24.0. The fraction of sp³-hybridized carbons (Fsp3) is 0.543. The molecule has 96 heavy (non-hydrogen) atoms. The van der Waals surface area contributed by atoms with Gasteiger partial charge in [0.2, 0.25) is 0 Å². The van der Waals surface area contributed by atoms with E-state index >= 15 is 0 Å². The van der Waals surface area contributed by atoms with Crippen molar-refractivity contribution < 1.29 is 0 Å². The Labute approximate surface area is 585 Å². The van der Waals surface area contributed by atoms with Gasteiger partial charge in [-0.05, 0) is 132 Å². The maximum absolute atomic E-state index is 4.20. The van der Waals surface area contributed by atoms with Crippen molar-refractivity contribution in [2.75, 3.05) is 0 Å². The van der Waals surface area contributed by atoms with Gasteiger partial charge in [0.15, 0.2) is 0 Å². The molecule has 2 aromatic heterocycles. The van der Waals surface area contributed by atoms with E-state index in [4.69, 9.17) is 0 Å². The van der Waals surface area contributed by atoms with Gasteiger partial charge in [-0.3, -0.25) is 0 Å². The summed E-state index contributed by atoms with van der Waals surface area (Å²) in [6.07, 6.45) is 68.5. The van der Waals surface area contributed by atoms with Gasteiger partial charge in [-0.1, -0.05) is 368 Å². The molecule has 2 atom stereocenters. The molecule has 0 radical (unpaired) electrons. The fourth-order valence-corrected chi connectivity index (χ4v) is 15.5. The van der Waals surface area contributed by atoms with Crippen molar-refractivity contribution in [3.05, 3.63) is 224 Å². The summed E-state index contributed by atoms with van der Waals surface area (Å²) < 4.78 is 0. The van der Waals surface area contributed by atoms with Gasteiger partial charge >= 0.3 is 0 Å². The van der Waals surface area contributed by atoms with Crippen molar-refractivity contribution in [2.45, 2.75) is 322 Å². The first-order valence-electron chi connectivity index (χ1n) is 40.4. The van der Waals surface area contributed by atoms with Crippen LogP contribution in [0, 0.1) is 0 Å². The predicted molar refractivity (Wildman–Crippen MR) is 418 cm³/mol. The minimum absolute atomic E-state index is 0.0637. The summed E-state index contributed by atoms with van der Waals surface area (Å²) in [6.45, 7) is 9.25. The second-order valence-electron chi connectivity index (χ2n) is 29.5. The van der Waals surface area contributed by atoms with Crippen LogP contribution in [0.3, 0.4) is 0 Å². The highest BCUT2D eigenvalue weighted by Crippen LogP contribution is 2.37. The van der Waals surface area contributed by atoms with Gasteiger partial charge in [0, 0.05) is 55.8 Å². The van der Waals surface area contributed by atoms with E-state index < -0.39 is 0 Å². The molecule has 3 aliphatic rings. The Balaban J connectivity index is 1.03. The molecule has 4 aromatic carbocycles. The van der Waals surface area contributed by atoms with Crippen LogP contribution in [0.25, 0.3) is 22.3 Å². The van der Waals surface area contributed by atoms with Crippen LogP contribution in [0.1, 0.15) is 340 Å². The van der Waals surface area contributed by atoms with Crippen molar-refractivity contribution in [1.29, 1.82) is 0 Å². The molecule has 4 N–H and O–H groups in total. The molecule has 3 aliphatic heterocycles. The summed E-state index contributed by atoms with van der Waals surface area (Å²) in [4.78, 5) is 8.28. The van der Waals surface area contributed by atoms with Crippen molar-refractivity contribution in [2.24, 2.45) is 0 Å². The Hall–Kier alpha value is -6.26. The highest BCUT2D eigenvalue weighted by molar-refractivity contribution is 5.88. The molecule has 0 aliphatic carbocycles. The molecule has 4 nitrogen and oxygen atoms in total. The van der Waals surface area contributed by atoms with Gasteiger partial charge in [-0.25, -0.2) is 0 Å². The Morgan fingerprint density at radius 1 is 0.240 bits per heavy atom. The number of fused-ring (bicyclic) bond motifs is 8. The number of rotatable bonds is 48. The molecule has 0 saturated heterocycles. The molecular formula is C92H130N4. The van der Waals surface area contributed by atoms with Gasteiger partial charge in [0.05, 0.1) is 12.1 Å². The smallest absolute Gasteiger partial charge is 0.0728 e. The number of allylic oxidation sites excluding steroid dienone is 2. The number of hydrogen-bond acceptors (Lipinski definition) is 2. The number of H-pyrrole nitrogens is 2. The molecule has 8 bridgehead atoms. The summed E-state index contributed by atoms with van der Waals surface area (Å²) >= 11 is 0. The van der Waals surface area contributed by atoms with E-state index in [9.17, 15) is 0 Å².